The van der Waals surface area contributed by atoms with Gasteiger partial charge >= 0.3 is 0 Å². The highest BCUT2D eigenvalue weighted by Gasteiger charge is 2.29. The fourth-order valence-corrected chi connectivity index (χ4v) is 4.44. The summed E-state index contributed by atoms with van der Waals surface area (Å²) in [6.45, 7) is 0. The van der Waals surface area contributed by atoms with Crippen molar-refractivity contribution in [1.82, 2.24) is 9.78 Å². The van der Waals surface area contributed by atoms with Gasteiger partial charge in [-0.25, -0.2) is 8.42 Å². The number of hydrogen-bond donors (Lipinski definition) is 0. The number of aromatic nitrogens is 2. The first-order valence-corrected chi connectivity index (χ1v) is 8.65. The second-order valence-corrected chi connectivity index (χ2v) is 7.92. The van der Waals surface area contributed by atoms with E-state index in [9.17, 15) is 8.42 Å². The number of nitrogens with zero attached hydrogens (tertiary/aromatic N) is 2. The van der Waals surface area contributed by atoms with Crippen LogP contribution < -0.4 is 0 Å². The summed E-state index contributed by atoms with van der Waals surface area (Å²) in [7, 11) is -2.87. The van der Waals surface area contributed by atoms with Gasteiger partial charge in [-0.05, 0) is 24.1 Å². The molecule has 1 saturated heterocycles. The Hall–Kier alpha value is -1.14. The first kappa shape index (κ1) is 12.9. The Morgan fingerprint density at radius 1 is 1.32 bits per heavy atom. The van der Waals surface area contributed by atoms with Crippen LogP contribution in [0.5, 0.6) is 0 Å². The molecule has 2 aromatic rings. The van der Waals surface area contributed by atoms with Gasteiger partial charge in [-0.2, -0.15) is 5.10 Å². The average molecular weight is 341 g/mol. The molecule has 1 atom stereocenters. The van der Waals surface area contributed by atoms with E-state index in [1.165, 1.54) is 0 Å². The Kier molecular flexibility index (Phi) is 3.22. The zero-order valence-corrected chi connectivity index (χ0v) is 12.6. The zero-order valence-electron chi connectivity index (χ0n) is 10.2. The van der Waals surface area contributed by atoms with Crippen LogP contribution in [0.1, 0.15) is 12.5 Å². The number of halogens is 1. The maximum absolute atomic E-state index is 11.5. The van der Waals surface area contributed by atoms with Gasteiger partial charge in [0.15, 0.2) is 9.84 Å². The van der Waals surface area contributed by atoms with E-state index in [2.05, 4.69) is 21.0 Å². The maximum atomic E-state index is 11.5. The third kappa shape index (κ3) is 2.74. The van der Waals surface area contributed by atoms with Crippen molar-refractivity contribution in [2.75, 3.05) is 11.5 Å². The minimum Gasteiger partial charge on any atom is -0.268 e. The molecule has 1 unspecified atom stereocenters. The lowest BCUT2D eigenvalue weighted by atomic mass is 10.1. The summed E-state index contributed by atoms with van der Waals surface area (Å²) in [4.78, 5) is 0. The molecular weight excluding hydrogens is 328 g/mol. The fourth-order valence-electron chi connectivity index (χ4n) is 2.34. The molecule has 0 spiro atoms. The predicted molar refractivity (Wildman–Crippen MR) is 77.7 cm³/mol. The SMILES string of the molecule is O=S1(=O)CCC(n2cc(-c3cccc(Br)c3)cn2)C1. The van der Waals surface area contributed by atoms with Gasteiger partial charge in [-0.1, -0.05) is 28.1 Å². The lowest BCUT2D eigenvalue weighted by Gasteiger charge is -2.07. The summed E-state index contributed by atoms with van der Waals surface area (Å²) >= 11 is 3.44. The Balaban J connectivity index is 1.88. The second-order valence-electron chi connectivity index (χ2n) is 4.78. The molecule has 6 heteroatoms. The monoisotopic (exact) mass is 340 g/mol. The predicted octanol–water partition coefficient (Wildman–Crippen LogP) is 2.67. The van der Waals surface area contributed by atoms with Crippen LogP contribution in [0.4, 0.5) is 0 Å². The molecule has 19 heavy (non-hydrogen) atoms. The number of hydrogen-bond acceptors (Lipinski definition) is 3. The molecule has 4 nitrogen and oxygen atoms in total. The number of rotatable bonds is 2. The maximum Gasteiger partial charge on any atom is 0.152 e. The molecule has 0 bridgehead atoms. The van der Waals surface area contributed by atoms with Crippen molar-refractivity contribution >= 4 is 25.8 Å². The quantitative estimate of drug-likeness (QED) is 0.844. The van der Waals surface area contributed by atoms with E-state index in [4.69, 9.17) is 0 Å². The summed E-state index contributed by atoms with van der Waals surface area (Å²) in [6, 6.07) is 7.95. The van der Waals surface area contributed by atoms with Crippen LogP contribution in [0.25, 0.3) is 11.1 Å². The number of benzene rings is 1. The Morgan fingerprint density at radius 2 is 2.16 bits per heavy atom. The van der Waals surface area contributed by atoms with E-state index in [1.54, 1.807) is 10.9 Å². The summed E-state index contributed by atoms with van der Waals surface area (Å²) in [5.74, 6) is 0.469. The van der Waals surface area contributed by atoms with Crippen LogP contribution in [0.15, 0.2) is 41.1 Å². The van der Waals surface area contributed by atoms with E-state index in [0.717, 1.165) is 15.6 Å². The van der Waals surface area contributed by atoms with Crippen LogP contribution in [0.2, 0.25) is 0 Å². The van der Waals surface area contributed by atoms with Crippen LogP contribution in [0.3, 0.4) is 0 Å². The average Bonchev–Trinajstić information content (AvgIpc) is 2.95. The third-order valence-electron chi connectivity index (χ3n) is 3.34. The minimum atomic E-state index is -2.87. The lowest BCUT2D eigenvalue weighted by Crippen LogP contribution is -2.11. The van der Waals surface area contributed by atoms with Gasteiger partial charge in [0.25, 0.3) is 0 Å². The van der Waals surface area contributed by atoms with Gasteiger partial charge in [-0.3, -0.25) is 4.68 Å². The molecule has 3 rings (SSSR count). The van der Waals surface area contributed by atoms with Crippen LogP contribution >= 0.6 is 15.9 Å². The summed E-state index contributed by atoms with van der Waals surface area (Å²) in [5, 5.41) is 4.31. The zero-order chi connectivity index (χ0) is 13.5. The molecule has 0 aliphatic carbocycles. The second kappa shape index (κ2) is 4.76. The Morgan fingerprint density at radius 3 is 2.84 bits per heavy atom. The van der Waals surface area contributed by atoms with Crippen molar-refractivity contribution in [1.29, 1.82) is 0 Å². The van der Waals surface area contributed by atoms with E-state index in [1.807, 2.05) is 30.5 Å². The van der Waals surface area contributed by atoms with Gasteiger partial charge in [0, 0.05) is 16.2 Å². The molecule has 0 radical (unpaired) electrons. The van der Waals surface area contributed by atoms with E-state index < -0.39 is 9.84 Å². The molecule has 100 valence electrons. The molecule has 1 aliphatic rings. The molecule has 2 heterocycles. The molecule has 0 N–H and O–H groups in total. The van der Waals surface area contributed by atoms with Crippen molar-refractivity contribution in [3.05, 3.63) is 41.1 Å². The van der Waals surface area contributed by atoms with Crippen molar-refractivity contribution in [2.45, 2.75) is 12.5 Å². The largest absolute Gasteiger partial charge is 0.268 e. The molecule has 1 aromatic heterocycles. The topological polar surface area (TPSA) is 52.0 Å². The molecule has 0 saturated carbocycles. The summed E-state index contributed by atoms with van der Waals surface area (Å²) in [5.41, 5.74) is 2.08. The Bertz CT molecular complexity index is 709. The summed E-state index contributed by atoms with van der Waals surface area (Å²) in [6.07, 6.45) is 4.36. The van der Waals surface area contributed by atoms with Crippen molar-refractivity contribution in [3.63, 3.8) is 0 Å². The molecule has 1 fully saturated rings. The number of sulfone groups is 1. The van der Waals surface area contributed by atoms with Crippen molar-refractivity contribution in [3.8, 4) is 11.1 Å². The van der Waals surface area contributed by atoms with Crippen LogP contribution in [0, 0.1) is 0 Å². The first-order chi connectivity index (χ1) is 9.03. The van der Waals surface area contributed by atoms with Gasteiger partial charge in [0.2, 0.25) is 0 Å². The smallest absolute Gasteiger partial charge is 0.152 e. The standard InChI is InChI=1S/C13H13BrN2O2S/c14-12-3-1-2-10(6-12)11-7-15-16(8-11)13-4-5-19(17,18)9-13/h1-3,6-8,13H,4-5,9H2. The summed E-state index contributed by atoms with van der Waals surface area (Å²) < 4.78 is 25.8. The lowest BCUT2D eigenvalue weighted by molar-refractivity contribution is 0.500. The van der Waals surface area contributed by atoms with Gasteiger partial charge < -0.3 is 0 Å². The van der Waals surface area contributed by atoms with Crippen LogP contribution in [-0.2, 0) is 9.84 Å². The Labute approximate surface area is 120 Å². The van der Waals surface area contributed by atoms with E-state index in [0.29, 0.717) is 6.42 Å². The highest BCUT2D eigenvalue weighted by atomic mass is 79.9. The molecule has 1 aromatic carbocycles. The molecule has 0 amide bonds. The normalized spacial score (nSPS) is 21.6. The highest BCUT2D eigenvalue weighted by molar-refractivity contribution is 9.10. The third-order valence-corrected chi connectivity index (χ3v) is 5.59. The van der Waals surface area contributed by atoms with Crippen LogP contribution in [-0.4, -0.2) is 29.7 Å². The minimum absolute atomic E-state index is 0.0223. The fraction of sp³-hybridized carbons (Fsp3) is 0.308. The highest BCUT2D eigenvalue weighted by Crippen LogP contribution is 2.27. The van der Waals surface area contributed by atoms with Gasteiger partial charge in [0.05, 0.1) is 23.7 Å². The van der Waals surface area contributed by atoms with Gasteiger partial charge in [-0.15, -0.1) is 0 Å². The van der Waals surface area contributed by atoms with E-state index in [-0.39, 0.29) is 17.5 Å². The van der Waals surface area contributed by atoms with Gasteiger partial charge in [0.1, 0.15) is 0 Å². The first-order valence-electron chi connectivity index (χ1n) is 6.04. The van der Waals surface area contributed by atoms with Crippen molar-refractivity contribution < 1.29 is 8.42 Å². The molecule has 1 aliphatic heterocycles. The molecular formula is C13H13BrN2O2S. The van der Waals surface area contributed by atoms with E-state index >= 15 is 0 Å². The van der Waals surface area contributed by atoms with Crippen molar-refractivity contribution in [2.24, 2.45) is 0 Å².